The lowest BCUT2D eigenvalue weighted by Crippen LogP contribution is -2.48. The molecule has 0 atom stereocenters. The Morgan fingerprint density at radius 1 is 0.742 bits per heavy atom. The molecule has 0 saturated carbocycles. The lowest BCUT2D eigenvalue weighted by Gasteiger charge is -2.39. The third kappa shape index (κ3) is 4.41. The molecule has 4 aromatic rings. The molecule has 0 N–H and O–H groups in total. The molecule has 1 fully saturated rings. The number of hydrogen-bond acceptors (Lipinski definition) is 4. The van der Waals surface area contributed by atoms with E-state index in [1.165, 1.54) is 22.3 Å². The van der Waals surface area contributed by atoms with Gasteiger partial charge in [-0.25, -0.2) is 4.98 Å². The van der Waals surface area contributed by atoms with E-state index in [0.29, 0.717) is 6.04 Å². The van der Waals surface area contributed by atoms with Crippen molar-refractivity contribution < 1.29 is 0 Å². The smallest absolute Gasteiger partial charge is 0.185 e. The Balaban J connectivity index is 1.32. The SMILES string of the molecule is Cc1ccc(-c2csc(N3CCN(C(c4ccccc4)c4ccccc4)CC3)n2)cc1. The predicted octanol–water partition coefficient (Wildman–Crippen LogP) is 6.03. The zero-order valence-corrected chi connectivity index (χ0v) is 18.6. The molecule has 0 spiro atoms. The van der Waals surface area contributed by atoms with Gasteiger partial charge in [0.25, 0.3) is 0 Å². The van der Waals surface area contributed by atoms with Crippen LogP contribution in [0.15, 0.2) is 90.3 Å². The zero-order valence-electron chi connectivity index (χ0n) is 17.8. The van der Waals surface area contributed by atoms with Gasteiger partial charge in [-0.3, -0.25) is 4.90 Å². The summed E-state index contributed by atoms with van der Waals surface area (Å²) in [6.45, 7) is 6.16. The molecular weight excluding hydrogens is 398 g/mol. The standard InChI is InChI=1S/C27H27N3S/c1-21-12-14-22(15-13-21)25-20-31-27(28-25)30-18-16-29(17-19-30)26(23-8-4-2-5-9-23)24-10-6-3-7-11-24/h2-15,20,26H,16-19H2,1H3. The van der Waals surface area contributed by atoms with Gasteiger partial charge in [0, 0.05) is 37.1 Å². The van der Waals surface area contributed by atoms with E-state index in [2.05, 4.69) is 107 Å². The van der Waals surface area contributed by atoms with E-state index in [1.54, 1.807) is 11.3 Å². The van der Waals surface area contributed by atoms with Gasteiger partial charge < -0.3 is 4.90 Å². The van der Waals surface area contributed by atoms with Gasteiger partial charge in [0.05, 0.1) is 11.7 Å². The van der Waals surface area contributed by atoms with Crippen molar-refractivity contribution in [2.45, 2.75) is 13.0 Å². The number of nitrogens with zero attached hydrogens (tertiary/aromatic N) is 3. The summed E-state index contributed by atoms with van der Waals surface area (Å²) in [7, 11) is 0. The van der Waals surface area contributed by atoms with Gasteiger partial charge in [-0.05, 0) is 18.1 Å². The van der Waals surface area contributed by atoms with Crippen LogP contribution in [0.4, 0.5) is 5.13 Å². The second kappa shape index (κ2) is 9.04. The average molecular weight is 426 g/mol. The first-order valence-electron chi connectivity index (χ1n) is 10.9. The monoisotopic (exact) mass is 425 g/mol. The first-order chi connectivity index (χ1) is 15.3. The summed E-state index contributed by atoms with van der Waals surface area (Å²) in [6.07, 6.45) is 0. The Bertz CT molecular complexity index is 1060. The fourth-order valence-corrected chi connectivity index (χ4v) is 5.21. The van der Waals surface area contributed by atoms with E-state index in [1.807, 2.05) is 0 Å². The maximum absolute atomic E-state index is 4.95. The van der Waals surface area contributed by atoms with Crippen LogP contribution in [0.25, 0.3) is 11.3 Å². The van der Waals surface area contributed by atoms with Gasteiger partial charge in [-0.2, -0.15) is 0 Å². The van der Waals surface area contributed by atoms with Gasteiger partial charge in [0.1, 0.15) is 0 Å². The van der Waals surface area contributed by atoms with Crippen molar-refractivity contribution in [3.8, 4) is 11.3 Å². The molecule has 1 aliphatic heterocycles. The van der Waals surface area contributed by atoms with Gasteiger partial charge >= 0.3 is 0 Å². The molecule has 0 aliphatic carbocycles. The minimum atomic E-state index is 0.295. The topological polar surface area (TPSA) is 19.4 Å². The molecule has 1 aliphatic rings. The van der Waals surface area contributed by atoms with Crippen LogP contribution in [0.5, 0.6) is 0 Å². The van der Waals surface area contributed by atoms with E-state index < -0.39 is 0 Å². The molecule has 156 valence electrons. The van der Waals surface area contributed by atoms with E-state index in [-0.39, 0.29) is 0 Å². The number of piperazine rings is 1. The van der Waals surface area contributed by atoms with Crippen molar-refractivity contribution >= 4 is 16.5 Å². The summed E-state index contributed by atoms with van der Waals surface area (Å²) in [5.41, 5.74) is 6.27. The molecule has 0 radical (unpaired) electrons. The summed E-state index contributed by atoms with van der Waals surface area (Å²) in [4.78, 5) is 9.99. The molecular formula is C27H27N3S. The highest BCUT2D eigenvalue weighted by molar-refractivity contribution is 7.14. The highest BCUT2D eigenvalue weighted by atomic mass is 32.1. The molecule has 1 saturated heterocycles. The van der Waals surface area contributed by atoms with Crippen LogP contribution in [0.1, 0.15) is 22.7 Å². The maximum atomic E-state index is 4.95. The van der Waals surface area contributed by atoms with Crippen LogP contribution in [0, 0.1) is 6.92 Å². The maximum Gasteiger partial charge on any atom is 0.185 e. The molecule has 2 heterocycles. The second-order valence-electron chi connectivity index (χ2n) is 8.13. The molecule has 31 heavy (non-hydrogen) atoms. The number of benzene rings is 3. The largest absolute Gasteiger partial charge is 0.346 e. The Kier molecular flexibility index (Phi) is 5.83. The first-order valence-corrected chi connectivity index (χ1v) is 11.8. The molecule has 3 aromatic carbocycles. The molecule has 5 rings (SSSR count). The van der Waals surface area contributed by atoms with Crippen molar-refractivity contribution in [2.24, 2.45) is 0 Å². The number of aryl methyl sites for hydroxylation is 1. The van der Waals surface area contributed by atoms with Crippen LogP contribution in [0.2, 0.25) is 0 Å². The summed E-state index contributed by atoms with van der Waals surface area (Å²) < 4.78 is 0. The summed E-state index contributed by atoms with van der Waals surface area (Å²) >= 11 is 1.75. The van der Waals surface area contributed by atoms with Crippen LogP contribution < -0.4 is 4.90 Å². The quantitative estimate of drug-likeness (QED) is 0.389. The van der Waals surface area contributed by atoms with Gasteiger partial charge in [-0.1, -0.05) is 90.5 Å². The molecule has 1 aromatic heterocycles. The van der Waals surface area contributed by atoms with E-state index >= 15 is 0 Å². The Morgan fingerprint density at radius 3 is 1.90 bits per heavy atom. The van der Waals surface area contributed by atoms with Gasteiger partial charge in [-0.15, -0.1) is 11.3 Å². The fourth-order valence-electron chi connectivity index (χ4n) is 4.32. The molecule has 0 bridgehead atoms. The normalized spacial score (nSPS) is 14.8. The highest BCUT2D eigenvalue weighted by Crippen LogP contribution is 2.32. The van der Waals surface area contributed by atoms with Crippen LogP contribution in [-0.4, -0.2) is 36.1 Å². The van der Waals surface area contributed by atoms with Crippen molar-refractivity contribution in [1.29, 1.82) is 0 Å². The van der Waals surface area contributed by atoms with Crippen LogP contribution >= 0.6 is 11.3 Å². The Hall–Kier alpha value is -2.95. The van der Waals surface area contributed by atoms with E-state index in [4.69, 9.17) is 4.98 Å². The van der Waals surface area contributed by atoms with Crippen LogP contribution in [-0.2, 0) is 0 Å². The molecule has 4 heteroatoms. The molecule has 0 unspecified atom stereocenters. The van der Waals surface area contributed by atoms with E-state index in [9.17, 15) is 0 Å². The van der Waals surface area contributed by atoms with Gasteiger partial charge in [0.15, 0.2) is 5.13 Å². The fraction of sp³-hybridized carbons (Fsp3) is 0.222. The average Bonchev–Trinajstić information content (AvgIpc) is 3.32. The predicted molar refractivity (Wildman–Crippen MR) is 131 cm³/mol. The molecule has 0 amide bonds. The van der Waals surface area contributed by atoms with E-state index in [0.717, 1.165) is 37.0 Å². The number of aromatic nitrogens is 1. The van der Waals surface area contributed by atoms with Crippen LogP contribution in [0.3, 0.4) is 0 Å². The number of rotatable bonds is 5. The number of thiazole rings is 1. The zero-order chi connectivity index (χ0) is 21.0. The minimum Gasteiger partial charge on any atom is -0.346 e. The Morgan fingerprint density at radius 2 is 1.32 bits per heavy atom. The third-order valence-corrected chi connectivity index (χ3v) is 6.92. The molecule has 3 nitrogen and oxygen atoms in total. The first kappa shape index (κ1) is 20.0. The summed E-state index contributed by atoms with van der Waals surface area (Å²) in [5, 5.41) is 3.31. The summed E-state index contributed by atoms with van der Waals surface area (Å²) in [6, 6.07) is 30.7. The summed E-state index contributed by atoms with van der Waals surface area (Å²) in [5.74, 6) is 0. The van der Waals surface area contributed by atoms with Gasteiger partial charge in [0.2, 0.25) is 0 Å². The third-order valence-electron chi connectivity index (χ3n) is 6.02. The Labute approximate surface area is 188 Å². The lowest BCUT2D eigenvalue weighted by atomic mass is 9.96. The minimum absolute atomic E-state index is 0.295. The number of hydrogen-bond donors (Lipinski definition) is 0. The van der Waals surface area contributed by atoms with Crippen molar-refractivity contribution in [3.63, 3.8) is 0 Å². The van der Waals surface area contributed by atoms with Crippen molar-refractivity contribution in [1.82, 2.24) is 9.88 Å². The highest BCUT2D eigenvalue weighted by Gasteiger charge is 2.27. The van der Waals surface area contributed by atoms with Crippen molar-refractivity contribution in [2.75, 3.05) is 31.1 Å². The second-order valence-corrected chi connectivity index (χ2v) is 8.96. The van der Waals surface area contributed by atoms with Crippen molar-refractivity contribution in [3.05, 3.63) is 107 Å². The number of anilines is 1. The lowest BCUT2D eigenvalue weighted by molar-refractivity contribution is 0.212.